The zero-order valence-electron chi connectivity index (χ0n) is 11.7. The van der Waals surface area contributed by atoms with E-state index in [1.54, 1.807) is 6.07 Å². The van der Waals surface area contributed by atoms with Crippen LogP contribution in [0.5, 0.6) is 11.5 Å². The van der Waals surface area contributed by atoms with Crippen molar-refractivity contribution in [2.45, 2.75) is 23.3 Å². The maximum Gasteiger partial charge on any atom is 0.325 e. The minimum atomic E-state index is -3.87. The quantitative estimate of drug-likeness (QED) is 0.879. The summed E-state index contributed by atoms with van der Waals surface area (Å²) < 4.78 is 37.6. The number of carboxylic acid groups (broad SMARTS) is 1. The maximum absolute atomic E-state index is 12.8. The zero-order chi connectivity index (χ0) is 15.5. The Morgan fingerprint density at radius 2 is 2.00 bits per heavy atom. The van der Waals surface area contributed by atoms with E-state index in [9.17, 15) is 18.3 Å². The summed E-state index contributed by atoms with van der Waals surface area (Å²) in [6, 6.07) is 4.40. The number of benzene rings is 1. The third-order valence-corrected chi connectivity index (χ3v) is 6.61. The second-order valence-electron chi connectivity index (χ2n) is 5.80. The highest BCUT2D eigenvalue weighted by Gasteiger charge is 2.70. The van der Waals surface area contributed by atoms with Gasteiger partial charge in [-0.3, -0.25) is 4.79 Å². The van der Waals surface area contributed by atoms with Crippen molar-refractivity contribution in [2.75, 3.05) is 19.8 Å². The second kappa shape index (κ2) is 4.36. The molecule has 2 heterocycles. The number of sulfonamides is 1. The number of fused-ring (bicyclic) bond motifs is 2. The molecular formula is C14H15NO6S. The van der Waals surface area contributed by atoms with Gasteiger partial charge < -0.3 is 14.6 Å². The van der Waals surface area contributed by atoms with Gasteiger partial charge in [0.15, 0.2) is 11.5 Å². The number of hydrogen-bond donors (Lipinski definition) is 1. The lowest BCUT2D eigenvalue weighted by Gasteiger charge is -2.25. The van der Waals surface area contributed by atoms with Crippen LogP contribution in [0.15, 0.2) is 23.1 Å². The summed E-state index contributed by atoms with van der Waals surface area (Å²) in [7, 11) is -3.87. The van der Waals surface area contributed by atoms with E-state index in [0.717, 1.165) is 4.31 Å². The smallest absolute Gasteiger partial charge is 0.325 e. The van der Waals surface area contributed by atoms with Crippen molar-refractivity contribution in [3.63, 3.8) is 0 Å². The van der Waals surface area contributed by atoms with Crippen LogP contribution in [0.2, 0.25) is 0 Å². The number of rotatable bonds is 3. The Kier molecular flexibility index (Phi) is 2.74. The Morgan fingerprint density at radius 3 is 2.68 bits per heavy atom. The van der Waals surface area contributed by atoms with Crippen molar-refractivity contribution in [3.8, 4) is 11.5 Å². The van der Waals surface area contributed by atoms with Gasteiger partial charge in [-0.25, -0.2) is 8.42 Å². The van der Waals surface area contributed by atoms with E-state index in [1.807, 2.05) is 0 Å². The van der Waals surface area contributed by atoms with Crippen LogP contribution in [-0.2, 0) is 14.8 Å². The standard InChI is InChI=1S/C14H15NO6S/c16-13(17)14-8-9(14)3-4-15(14)22(18,19)10-1-2-11-12(7-10)21-6-5-20-11/h1-2,7,9H,3-6,8H2,(H,16,17)/t9-,14+/m1/s1. The third-order valence-electron chi connectivity index (χ3n) is 4.67. The molecule has 0 amide bonds. The number of nitrogens with zero attached hydrogens (tertiary/aromatic N) is 1. The highest BCUT2D eigenvalue weighted by atomic mass is 32.2. The molecule has 0 spiro atoms. The summed E-state index contributed by atoms with van der Waals surface area (Å²) in [5.74, 6) is -0.250. The summed E-state index contributed by atoms with van der Waals surface area (Å²) in [6.07, 6.45) is 0.988. The van der Waals surface area contributed by atoms with Gasteiger partial charge in [0.25, 0.3) is 0 Å². The van der Waals surface area contributed by atoms with E-state index in [-0.39, 0.29) is 17.4 Å². The molecule has 1 aromatic carbocycles. The van der Waals surface area contributed by atoms with Gasteiger partial charge in [0.05, 0.1) is 4.90 Å². The zero-order valence-corrected chi connectivity index (χ0v) is 12.5. The van der Waals surface area contributed by atoms with Crippen molar-refractivity contribution >= 4 is 16.0 Å². The highest BCUT2D eigenvalue weighted by Crippen LogP contribution is 2.57. The number of carbonyl (C=O) groups is 1. The highest BCUT2D eigenvalue weighted by molar-refractivity contribution is 7.89. The van der Waals surface area contributed by atoms with Crippen LogP contribution in [0.4, 0.5) is 0 Å². The second-order valence-corrected chi connectivity index (χ2v) is 7.66. The van der Waals surface area contributed by atoms with Crippen molar-refractivity contribution in [1.29, 1.82) is 0 Å². The summed E-state index contributed by atoms with van der Waals surface area (Å²) in [4.78, 5) is 11.6. The van der Waals surface area contributed by atoms with Crippen molar-refractivity contribution in [1.82, 2.24) is 4.31 Å². The number of ether oxygens (including phenoxy) is 2. The van der Waals surface area contributed by atoms with E-state index < -0.39 is 21.5 Å². The Hall–Kier alpha value is -1.80. The fourth-order valence-electron chi connectivity index (χ4n) is 3.45. The Bertz CT molecular complexity index is 761. The predicted octanol–water partition coefficient (Wildman–Crippen LogP) is 0.696. The van der Waals surface area contributed by atoms with Crippen LogP contribution in [0.3, 0.4) is 0 Å². The molecule has 4 rings (SSSR count). The monoisotopic (exact) mass is 325 g/mol. The van der Waals surface area contributed by atoms with Crippen LogP contribution in [0.25, 0.3) is 0 Å². The molecule has 0 radical (unpaired) electrons. The molecule has 1 saturated heterocycles. The molecule has 2 atom stereocenters. The molecule has 1 aliphatic carbocycles. The van der Waals surface area contributed by atoms with Crippen LogP contribution < -0.4 is 9.47 Å². The first kappa shape index (κ1) is 13.8. The Balaban J connectivity index is 1.74. The molecule has 7 nitrogen and oxygen atoms in total. The van der Waals surface area contributed by atoms with E-state index in [0.29, 0.717) is 37.6 Å². The van der Waals surface area contributed by atoms with Crippen molar-refractivity contribution in [2.24, 2.45) is 5.92 Å². The van der Waals surface area contributed by atoms with Gasteiger partial charge in [-0.05, 0) is 30.9 Å². The molecule has 2 fully saturated rings. The topological polar surface area (TPSA) is 93.1 Å². The molecular weight excluding hydrogens is 310 g/mol. The third kappa shape index (κ3) is 1.70. The molecule has 8 heteroatoms. The van der Waals surface area contributed by atoms with Crippen LogP contribution >= 0.6 is 0 Å². The first-order chi connectivity index (χ1) is 10.5. The minimum Gasteiger partial charge on any atom is -0.486 e. The van der Waals surface area contributed by atoms with Gasteiger partial charge in [-0.2, -0.15) is 4.31 Å². The summed E-state index contributed by atoms with van der Waals surface area (Å²) in [5.41, 5.74) is -1.24. The fourth-order valence-corrected chi connectivity index (χ4v) is 5.28. The SMILES string of the molecule is O=C(O)[C@]12C[C@H]1CCN2S(=O)(=O)c1ccc2c(c1)OCCO2. The van der Waals surface area contributed by atoms with Crippen LogP contribution in [-0.4, -0.2) is 49.1 Å². The number of aliphatic carboxylic acids is 1. The first-order valence-electron chi connectivity index (χ1n) is 7.12. The number of hydrogen-bond acceptors (Lipinski definition) is 5. The molecule has 118 valence electrons. The lowest BCUT2D eigenvalue weighted by molar-refractivity contribution is -0.142. The molecule has 2 aliphatic heterocycles. The molecule has 3 aliphatic rings. The molecule has 1 aromatic rings. The van der Waals surface area contributed by atoms with Gasteiger partial charge in [0, 0.05) is 12.6 Å². The molecule has 1 N–H and O–H groups in total. The lowest BCUT2D eigenvalue weighted by Crippen LogP contribution is -2.45. The summed E-state index contributed by atoms with van der Waals surface area (Å²) >= 11 is 0. The molecule has 0 bridgehead atoms. The van der Waals surface area contributed by atoms with Gasteiger partial charge in [-0.15, -0.1) is 0 Å². The van der Waals surface area contributed by atoms with E-state index >= 15 is 0 Å². The number of piperidine rings is 1. The predicted molar refractivity (Wildman–Crippen MR) is 74.4 cm³/mol. The minimum absolute atomic E-state index is 0.0462. The van der Waals surface area contributed by atoms with Crippen molar-refractivity contribution < 1.29 is 27.8 Å². The van der Waals surface area contributed by atoms with E-state index in [1.165, 1.54) is 12.1 Å². The molecule has 22 heavy (non-hydrogen) atoms. The largest absolute Gasteiger partial charge is 0.486 e. The van der Waals surface area contributed by atoms with E-state index in [2.05, 4.69) is 0 Å². The average molecular weight is 325 g/mol. The van der Waals surface area contributed by atoms with Crippen LogP contribution in [0, 0.1) is 5.92 Å². The van der Waals surface area contributed by atoms with Crippen molar-refractivity contribution in [3.05, 3.63) is 18.2 Å². The summed E-state index contributed by atoms with van der Waals surface area (Å²) in [5, 5.41) is 9.44. The van der Waals surface area contributed by atoms with Gasteiger partial charge in [-0.1, -0.05) is 0 Å². The van der Waals surface area contributed by atoms with Crippen LogP contribution in [0.1, 0.15) is 12.8 Å². The fraction of sp³-hybridized carbons (Fsp3) is 0.500. The van der Waals surface area contributed by atoms with Gasteiger partial charge in [0.1, 0.15) is 18.8 Å². The van der Waals surface area contributed by atoms with Gasteiger partial charge >= 0.3 is 5.97 Å². The number of carboxylic acids is 1. The average Bonchev–Trinajstić information content (AvgIpc) is 3.12. The Morgan fingerprint density at radius 1 is 1.27 bits per heavy atom. The lowest BCUT2D eigenvalue weighted by atomic mass is 10.2. The summed E-state index contributed by atoms with van der Waals surface area (Å²) in [6.45, 7) is 1.03. The maximum atomic E-state index is 12.8. The Labute approximate surface area is 127 Å². The van der Waals surface area contributed by atoms with Gasteiger partial charge in [0.2, 0.25) is 10.0 Å². The normalized spacial score (nSPS) is 29.9. The molecule has 0 aromatic heterocycles. The van der Waals surface area contributed by atoms with E-state index in [4.69, 9.17) is 9.47 Å². The first-order valence-corrected chi connectivity index (χ1v) is 8.56. The molecule has 1 saturated carbocycles. The molecule has 0 unspecified atom stereocenters.